The first kappa shape index (κ1) is 16.7. The molecule has 5 nitrogen and oxygen atoms in total. The fraction of sp³-hybridized carbons (Fsp3) is 0.278. The summed E-state index contributed by atoms with van der Waals surface area (Å²) in [6, 6.07) is 11.3. The van der Waals surface area contributed by atoms with Gasteiger partial charge in [-0.25, -0.2) is 0 Å². The fourth-order valence-electron chi connectivity index (χ4n) is 2.21. The van der Waals surface area contributed by atoms with E-state index in [4.69, 9.17) is 14.2 Å². The first-order chi connectivity index (χ1) is 11.1. The van der Waals surface area contributed by atoms with E-state index < -0.39 is 0 Å². The van der Waals surface area contributed by atoms with Crippen molar-refractivity contribution in [3.8, 4) is 17.2 Å². The van der Waals surface area contributed by atoms with Crippen LogP contribution in [0.1, 0.15) is 21.5 Å². The van der Waals surface area contributed by atoms with Crippen molar-refractivity contribution in [3.05, 3.63) is 53.1 Å². The van der Waals surface area contributed by atoms with Crippen LogP contribution < -0.4 is 19.5 Å². The van der Waals surface area contributed by atoms with Crippen molar-refractivity contribution in [1.82, 2.24) is 5.32 Å². The normalized spacial score (nSPS) is 10.1. The summed E-state index contributed by atoms with van der Waals surface area (Å²) in [6.45, 7) is 2.45. The molecule has 1 N–H and O–H groups in total. The molecule has 122 valence electrons. The third kappa shape index (κ3) is 3.94. The number of aryl methyl sites for hydroxylation is 1. The van der Waals surface area contributed by atoms with Gasteiger partial charge in [-0.05, 0) is 12.5 Å². The molecule has 0 aliphatic carbocycles. The highest BCUT2D eigenvalue weighted by molar-refractivity contribution is 6.00. The Morgan fingerprint density at radius 1 is 0.957 bits per heavy atom. The molecular weight excluding hydrogens is 294 g/mol. The van der Waals surface area contributed by atoms with Crippen LogP contribution in [0.15, 0.2) is 36.4 Å². The molecule has 0 saturated carbocycles. The Hall–Kier alpha value is -2.69. The van der Waals surface area contributed by atoms with Crippen molar-refractivity contribution < 1.29 is 19.0 Å². The van der Waals surface area contributed by atoms with E-state index in [1.54, 1.807) is 19.2 Å². The van der Waals surface area contributed by atoms with Gasteiger partial charge in [0.05, 0.1) is 21.3 Å². The Bertz CT molecular complexity index is 655. The number of hydrogen-bond donors (Lipinski definition) is 1. The molecule has 2 aromatic carbocycles. The molecule has 23 heavy (non-hydrogen) atoms. The molecule has 0 atom stereocenters. The van der Waals surface area contributed by atoms with Crippen molar-refractivity contribution in [3.63, 3.8) is 0 Å². The van der Waals surface area contributed by atoms with Crippen LogP contribution in [0.2, 0.25) is 0 Å². The Labute approximate surface area is 136 Å². The van der Waals surface area contributed by atoms with E-state index in [2.05, 4.69) is 5.32 Å². The lowest BCUT2D eigenvalue weighted by Crippen LogP contribution is -2.24. The van der Waals surface area contributed by atoms with Crippen LogP contribution in [0, 0.1) is 6.92 Å². The molecule has 0 fully saturated rings. The van der Waals surface area contributed by atoms with Crippen LogP contribution in [0.3, 0.4) is 0 Å². The van der Waals surface area contributed by atoms with Crippen LogP contribution in [-0.2, 0) is 6.54 Å². The van der Waals surface area contributed by atoms with Crippen molar-refractivity contribution in [2.45, 2.75) is 13.5 Å². The molecule has 2 aromatic rings. The molecule has 0 aliphatic heterocycles. The molecule has 0 aliphatic rings. The number of carbonyl (C=O) groups is 1. The Balaban J connectivity index is 2.22. The van der Waals surface area contributed by atoms with E-state index in [0.29, 0.717) is 29.4 Å². The maximum Gasteiger partial charge on any atom is 0.259 e. The standard InChI is InChI=1S/C18H21NO4/c1-12-5-7-13(8-6-12)11-19-18(20)17-15(22-3)9-14(21-2)10-16(17)23-4/h5-10H,11H2,1-4H3,(H,19,20). The number of hydrogen-bond acceptors (Lipinski definition) is 4. The molecule has 2 rings (SSSR count). The highest BCUT2D eigenvalue weighted by atomic mass is 16.5. The number of carbonyl (C=O) groups excluding carboxylic acids is 1. The molecule has 1 amide bonds. The number of ether oxygens (including phenoxy) is 3. The van der Waals surface area contributed by atoms with E-state index in [9.17, 15) is 4.79 Å². The molecule has 0 bridgehead atoms. The predicted octanol–water partition coefficient (Wildman–Crippen LogP) is 2.95. The second kappa shape index (κ2) is 7.54. The molecule has 0 aromatic heterocycles. The SMILES string of the molecule is COc1cc(OC)c(C(=O)NCc2ccc(C)cc2)c(OC)c1. The summed E-state index contributed by atoms with van der Waals surface area (Å²) in [7, 11) is 4.56. The fourth-order valence-corrected chi connectivity index (χ4v) is 2.21. The number of benzene rings is 2. The van der Waals surface area contributed by atoms with E-state index in [-0.39, 0.29) is 5.91 Å². The minimum atomic E-state index is -0.262. The lowest BCUT2D eigenvalue weighted by Gasteiger charge is -2.15. The zero-order chi connectivity index (χ0) is 16.8. The summed E-state index contributed by atoms with van der Waals surface area (Å²) in [5.74, 6) is 1.11. The van der Waals surface area contributed by atoms with Gasteiger partial charge in [0.15, 0.2) is 0 Å². The number of amides is 1. The Kier molecular flexibility index (Phi) is 5.46. The van der Waals surface area contributed by atoms with Gasteiger partial charge in [0, 0.05) is 18.7 Å². The van der Waals surface area contributed by atoms with Crippen LogP contribution in [-0.4, -0.2) is 27.2 Å². The maximum absolute atomic E-state index is 12.5. The lowest BCUT2D eigenvalue weighted by molar-refractivity contribution is 0.0944. The van der Waals surface area contributed by atoms with Crippen molar-refractivity contribution in [2.24, 2.45) is 0 Å². The summed E-state index contributed by atoms with van der Waals surface area (Å²) < 4.78 is 15.8. The first-order valence-corrected chi connectivity index (χ1v) is 7.22. The topological polar surface area (TPSA) is 56.8 Å². The van der Waals surface area contributed by atoms with Crippen molar-refractivity contribution in [2.75, 3.05) is 21.3 Å². The first-order valence-electron chi connectivity index (χ1n) is 7.22. The van der Waals surface area contributed by atoms with Gasteiger partial charge < -0.3 is 19.5 Å². The second-order valence-corrected chi connectivity index (χ2v) is 5.08. The van der Waals surface area contributed by atoms with Gasteiger partial charge >= 0.3 is 0 Å². The largest absolute Gasteiger partial charge is 0.496 e. The van der Waals surface area contributed by atoms with Gasteiger partial charge in [-0.3, -0.25) is 4.79 Å². The summed E-state index contributed by atoms with van der Waals surface area (Å²) in [4.78, 5) is 12.5. The molecular formula is C18H21NO4. The van der Waals surface area contributed by atoms with Crippen molar-refractivity contribution >= 4 is 5.91 Å². The zero-order valence-corrected chi connectivity index (χ0v) is 13.8. The molecule has 5 heteroatoms. The van der Waals surface area contributed by atoms with Crippen LogP contribution in [0.5, 0.6) is 17.2 Å². The monoisotopic (exact) mass is 315 g/mol. The van der Waals surface area contributed by atoms with Crippen LogP contribution in [0.4, 0.5) is 0 Å². The average Bonchev–Trinajstić information content (AvgIpc) is 2.59. The second-order valence-electron chi connectivity index (χ2n) is 5.08. The van der Waals surface area contributed by atoms with Gasteiger partial charge in [0.1, 0.15) is 22.8 Å². The van der Waals surface area contributed by atoms with E-state index in [0.717, 1.165) is 5.56 Å². The average molecular weight is 315 g/mol. The van der Waals surface area contributed by atoms with E-state index in [1.807, 2.05) is 31.2 Å². The number of rotatable bonds is 6. The number of nitrogens with one attached hydrogen (secondary N) is 1. The minimum absolute atomic E-state index is 0.262. The summed E-state index contributed by atoms with van der Waals surface area (Å²) in [6.07, 6.45) is 0. The Morgan fingerprint density at radius 2 is 1.52 bits per heavy atom. The van der Waals surface area contributed by atoms with Gasteiger partial charge in [-0.1, -0.05) is 29.8 Å². The van der Waals surface area contributed by atoms with Gasteiger partial charge in [0.2, 0.25) is 0 Å². The smallest absolute Gasteiger partial charge is 0.259 e. The maximum atomic E-state index is 12.5. The Morgan fingerprint density at radius 3 is 2.00 bits per heavy atom. The molecule has 0 saturated heterocycles. The van der Waals surface area contributed by atoms with Gasteiger partial charge in [-0.15, -0.1) is 0 Å². The van der Waals surface area contributed by atoms with Crippen LogP contribution in [0.25, 0.3) is 0 Å². The van der Waals surface area contributed by atoms with Gasteiger partial charge in [-0.2, -0.15) is 0 Å². The highest BCUT2D eigenvalue weighted by Crippen LogP contribution is 2.33. The predicted molar refractivity (Wildman–Crippen MR) is 88.4 cm³/mol. The zero-order valence-electron chi connectivity index (χ0n) is 13.8. The number of methoxy groups -OCH3 is 3. The quantitative estimate of drug-likeness (QED) is 0.890. The summed E-state index contributed by atoms with van der Waals surface area (Å²) in [5.41, 5.74) is 2.55. The molecule has 0 unspecified atom stereocenters. The lowest BCUT2D eigenvalue weighted by atomic mass is 10.1. The molecule has 0 spiro atoms. The summed E-state index contributed by atoms with van der Waals surface area (Å²) in [5, 5.41) is 2.88. The third-order valence-electron chi connectivity index (χ3n) is 3.52. The molecule has 0 heterocycles. The van der Waals surface area contributed by atoms with Crippen LogP contribution >= 0.6 is 0 Å². The molecule has 0 radical (unpaired) electrons. The van der Waals surface area contributed by atoms with Crippen molar-refractivity contribution in [1.29, 1.82) is 0 Å². The van der Waals surface area contributed by atoms with E-state index >= 15 is 0 Å². The third-order valence-corrected chi connectivity index (χ3v) is 3.52. The minimum Gasteiger partial charge on any atom is -0.496 e. The highest BCUT2D eigenvalue weighted by Gasteiger charge is 2.20. The van der Waals surface area contributed by atoms with E-state index in [1.165, 1.54) is 19.8 Å². The summed E-state index contributed by atoms with van der Waals surface area (Å²) >= 11 is 0. The van der Waals surface area contributed by atoms with Gasteiger partial charge in [0.25, 0.3) is 5.91 Å².